The largest absolute Gasteiger partial charge is 0.497 e. The number of benzene rings is 2. The van der Waals surface area contributed by atoms with Crippen molar-refractivity contribution in [1.82, 2.24) is 4.98 Å². The lowest BCUT2D eigenvalue weighted by Crippen LogP contribution is -2.35. The summed E-state index contributed by atoms with van der Waals surface area (Å²) in [5.41, 5.74) is 4.05. The Morgan fingerprint density at radius 3 is 2.45 bits per heavy atom. The van der Waals surface area contributed by atoms with Crippen LogP contribution in [-0.4, -0.2) is 49.9 Å². The smallest absolute Gasteiger partial charge is 0.491 e. The number of piperidine rings is 1. The van der Waals surface area contributed by atoms with Gasteiger partial charge in [0.15, 0.2) is 0 Å². The molecule has 222 valence electrons. The van der Waals surface area contributed by atoms with E-state index in [4.69, 9.17) is 9.47 Å². The summed E-state index contributed by atoms with van der Waals surface area (Å²) in [6.45, 7) is 2.25. The first-order valence-electron chi connectivity index (χ1n) is 14.1. The first-order valence-corrected chi connectivity index (χ1v) is 14.1. The summed E-state index contributed by atoms with van der Waals surface area (Å²) in [4.78, 5) is 29.8. The molecule has 1 aromatic heterocycles. The Hall–Kier alpha value is -4.08. The fourth-order valence-corrected chi connectivity index (χ4v) is 5.49. The molecule has 2 aliphatic rings. The molecule has 42 heavy (non-hydrogen) atoms. The molecular weight excluding hydrogens is 549 g/mol. The zero-order chi connectivity index (χ0) is 29.7. The van der Waals surface area contributed by atoms with Gasteiger partial charge in [0, 0.05) is 48.4 Å². The lowest BCUT2D eigenvalue weighted by molar-refractivity contribution is -0.202. The number of hydrogen-bond acceptors (Lipinski definition) is 7. The van der Waals surface area contributed by atoms with Crippen LogP contribution in [0.15, 0.2) is 67.0 Å². The molecule has 1 saturated carbocycles. The molecule has 0 bridgehead atoms. The van der Waals surface area contributed by atoms with E-state index in [1.54, 1.807) is 13.3 Å². The molecule has 0 spiro atoms. The molecule has 1 saturated heterocycles. The Balaban J connectivity index is 1.18. The van der Waals surface area contributed by atoms with E-state index in [1.165, 1.54) is 0 Å². The number of halogens is 3. The van der Waals surface area contributed by atoms with Crippen LogP contribution in [0.1, 0.15) is 43.6 Å². The summed E-state index contributed by atoms with van der Waals surface area (Å²) in [6, 6.07) is 17.4. The van der Waals surface area contributed by atoms with Crippen LogP contribution < -0.4 is 14.4 Å². The van der Waals surface area contributed by atoms with E-state index in [0.717, 1.165) is 66.9 Å². The number of hydrogen-bond donors (Lipinski definition) is 0. The third-order valence-electron chi connectivity index (χ3n) is 7.92. The van der Waals surface area contributed by atoms with Gasteiger partial charge in [-0.3, -0.25) is 9.78 Å². The molecule has 3 aromatic rings. The highest BCUT2D eigenvalue weighted by Crippen LogP contribution is 2.45. The minimum atomic E-state index is -5.20. The lowest BCUT2D eigenvalue weighted by Gasteiger charge is -2.35. The van der Waals surface area contributed by atoms with Gasteiger partial charge in [-0.2, -0.15) is 13.2 Å². The van der Waals surface area contributed by atoms with Gasteiger partial charge in [-0.05, 0) is 79.3 Å². The van der Waals surface area contributed by atoms with Crippen LogP contribution in [0.3, 0.4) is 0 Å². The highest BCUT2D eigenvalue weighted by molar-refractivity contribution is 5.88. The standard InChI is InChI=1S/C32H33F3N2O5/c1-40-25-9-10-27(24-5-3-13-36-19-24)29(17-25)37-14-11-21(12-15-37)20-41-26-6-2-4-23(16-26)28(22-7-8-22)18-30(38)42-31(39)32(33,34)35/h2-6,9-10,13,16-17,19,21-22,28H,7-8,11-12,14-15,18,20H2,1H3/t28-/m0/s1. The zero-order valence-corrected chi connectivity index (χ0v) is 23.3. The molecule has 0 amide bonds. The minimum Gasteiger partial charge on any atom is -0.497 e. The number of carbonyl (C=O) groups is 2. The quantitative estimate of drug-likeness (QED) is 0.198. The van der Waals surface area contributed by atoms with Gasteiger partial charge in [0.2, 0.25) is 0 Å². The van der Waals surface area contributed by atoms with Crippen molar-refractivity contribution in [2.24, 2.45) is 11.8 Å². The van der Waals surface area contributed by atoms with Gasteiger partial charge in [-0.25, -0.2) is 4.79 Å². The lowest BCUT2D eigenvalue weighted by atomic mass is 9.91. The Bertz CT molecular complexity index is 1390. The van der Waals surface area contributed by atoms with Crippen molar-refractivity contribution in [3.63, 3.8) is 0 Å². The molecule has 0 N–H and O–H groups in total. The Morgan fingerprint density at radius 1 is 1.00 bits per heavy atom. The molecule has 5 rings (SSSR count). The zero-order valence-electron chi connectivity index (χ0n) is 23.3. The third-order valence-corrected chi connectivity index (χ3v) is 7.92. The highest BCUT2D eigenvalue weighted by atomic mass is 19.4. The number of esters is 2. The van der Waals surface area contributed by atoms with Gasteiger partial charge in [0.1, 0.15) is 11.5 Å². The highest BCUT2D eigenvalue weighted by Gasteiger charge is 2.43. The van der Waals surface area contributed by atoms with Crippen molar-refractivity contribution in [3.05, 3.63) is 72.6 Å². The van der Waals surface area contributed by atoms with Crippen molar-refractivity contribution in [3.8, 4) is 22.6 Å². The van der Waals surface area contributed by atoms with Crippen LogP contribution in [0.5, 0.6) is 11.5 Å². The van der Waals surface area contributed by atoms with Crippen LogP contribution in [-0.2, 0) is 14.3 Å². The molecule has 0 radical (unpaired) electrons. The number of carbonyl (C=O) groups excluding carboxylic acids is 2. The molecule has 1 atom stereocenters. The Labute approximate surface area is 242 Å². The Kier molecular flexibility index (Phi) is 8.99. The summed E-state index contributed by atoms with van der Waals surface area (Å²) in [5, 5.41) is 0. The van der Waals surface area contributed by atoms with Gasteiger partial charge in [-0.1, -0.05) is 18.2 Å². The molecular formula is C32H33F3N2O5. The van der Waals surface area contributed by atoms with Gasteiger partial charge in [0.25, 0.3) is 0 Å². The van der Waals surface area contributed by atoms with Gasteiger partial charge < -0.3 is 19.1 Å². The van der Waals surface area contributed by atoms with E-state index < -0.39 is 18.1 Å². The fraction of sp³-hybridized carbons (Fsp3) is 0.406. The summed E-state index contributed by atoms with van der Waals surface area (Å²) in [5.74, 6) is -2.03. The summed E-state index contributed by atoms with van der Waals surface area (Å²) in [6.07, 6.45) is 1.73. The summed E-state index contributed by atoms with van der Waals surface area (Å²) < 4.78 is 53.2. The second-order valence-corrected chi connectivity index (χ2v) is 10.8. The third kappa shape index (κ3) is 7.40. The molecule has 0 unspecified atom stereocenters. The number of aromatic nitrogens is 1. The molecule has 2 aromatic carbocycles. The summed E-state index contributed by atoms with van der Waals surface area (Å²) in [7, 11) is 1.66. The monoisotopic (exact) mass is 582 g/mol. The maximum atomic E-state index is 12.5. The molecule has 1 aliphatic carbocycles. The number of methoxy groups -OCH3 is 1. The van der Waals surface area contributed by atoms with E-state index in [1.807, 2.05) is 48.7 Å². The first kappa shape index (κ1) is 29.4. The molecule has 10 heteroatoms. The molecule has 2 heterocycles. The second kappa shape index (κ2) is 12.8. The van der Waals surface area contributed by atoms with Crippen LogP contribution in [0.25, 0.3) is 11.1 Å². The van der Waals surface area contributed by atoms with Gasteiger partial charge in [0.05, 0.1) is 20.1 Å². The normalized spacial score (nSPS) is 16.5. The second-order valence-electron chi connectivity index (χ2n) is 10.8. The summed E-state index contributed by atoms with van der Waals surface area (Å²) >= 11 is 0. The predicted octanol–water partition coefficient (Wildman–Crippen LogP) is 6.57. The van der Waals surface area contributed by atoms with Crippen LogP contribution in [0.4, 0.5) is 18.9 Å². The van der Waals surface area contributed by atoms with Crippen molar-refractivity contribution in [1.29, 1.82) is 0 Å². The topological polar surface area (TPSA) is 78.0 Å². The predicted molar refractivity (Wildman–Crippen MR) is 150 cm³/mol. The number of ether oxygens (including phenoxy) is 3. The van der Waals surface area contributed by atoms with Crippen LogP contribution in [0.2, 0.25) is 0 Å². The van der Waals surface area contributed by atoms with E-state index >= 15 is 0 Å². The Morgan fingerprint density at radius 2 is 1.79 bits per heavy atom. The fourth-order valence-electron chi connectivity index (χ4n) is 5.49. The average molecular weight is 583 g/mol. The van der Waals surface area contributed by atoms with E-state index in [9.17, 15) is 22.8 Å². The van der Waals surface area contributed by atoms with Crippen molar-refractivity contribution >= 4 is 17.6 Å². The SMILES string of the molecule is COc1ccc(-c2cccnc2)c(N2CCC(COc3cccc([C@@H](CC(=O)OC(=O)C(F)(F)F)C4CC4)c3)CC2)c1. The molecule has 2 fully saturated rings. The van der Waals surface area contributed by atoms with Crippen LogP contribution in [0, 0.1) is 11.8 Å². The number of nitrogens with zero attached hydrogens (tertiary/aromatic N) is 2. The van der Waals surface area contributed by atoms with Crippen molar-refractivity contribution in [2.75, 3.05) is 31.7 Å². The van der Waals surface area contributed by atoms with E-state index in [0.29, 0.717) is 18.3 Å². The van der Waals surface area contributed by atoms with Gasteiger partial charge >= 0.3 is 18.1 Å². The number of anilines is 1. The number of rotatable bonds is 10. The minimum absolute atomic E-state index is 0.159. The van der Waals surface area contributed by atoms with Crippen molar-refractivity contribution < 1.29 is 37.0 Å². The van der Waals surface area contributed by atoms with E-state index in [-0.39, 0.29) is 18.3 Å². The maximum absolute atomic E-state index is 12.5. The molecule has 7 nitrogen and oxygen atoms in total. The van der Waals surface area contributed by atoms with Crippen molar-refractivity contribution in [2.45, 2.75) is 44.2 Å². The average Bonchev–Trinajstić information content (AvgIpc) is 3.84. The molecule has 1 aliphatic heterocycles. The first-order chi connectivity index (χ1) is 20.2. The number of pyridine rings is 1. The number of alkyl halides is 3. The van der Waals surface area contributed by atoms with E-state index in [2.05, 4.69) is 26.8 Å². The maximum Gasteiger partial charge on any atom is 0.491 e. The van der Waals surface area contributed by atoms with Crippen LogP contribution >= 0.6 is 0 Å². The van der Waals surface area contributed by atoms with Gasteiger partial charge in [-0.15, -0.1) is 0 Å².